The molecule has 0 N–H and O–H groups in total. The van der Waals surface area contributed by atoms with Crippen LogP contribution in [0.4, 0.5) is 10.2 Å². The van der Waals surface area contributed by atoms with Crippen LogP contribution in [0.5, 0.6) is 6.01 Å². The lowest BCUT2D eigenvalue weighted by molar-refractivity contribution is 0.0728. The zero-order valence-electron chi connectivity index (χ0n) is 20.7. The Bertz CT molecular complexity index is 1220. The second kappa shape index (κ2) is 9.02. The smallest absolute Gasteiger partial charge is 0.320 e. The van der Waals surface area contributed by atoms with Crippen LogP contribution in [0.25, 0.3) is 16.7 Å². The van der Waals surface area contributed by atoms with Gasteiger partial charge in [0.05, 0.1) is 25.4 Å². The normalized spacial score (nSPS) is 25.8. The van der Waals surface area contributed by atoms with Gasteiger partial charge >= 0.3 is 6.01 Å². The topological polar surface area (TPSA) is 68.5 Å². The number of aryl methyl sites for hydroxylation is 1. The molecule has 2 aromatic heterocycles. The summed E-state index contributed by atoms with van der Waals surface area (Å²) < 4.78 is 28.3. The van der Waals surface area contributed by atoms with Gasteiger partial charge in [0.25, 0.3) is 0 Å². The SMILES string of the molecule is COc1nc(N2CC(C)C2)cc(-n2ncc3cc(C)c(C4CCN(C5CCOC5)CC4F)cc32)n1. The fourth-order valence-corrected chi connectivity index (χ4v) is 5.86. The van der Waals surface area contributed by atoms with E-state index in [0.29, 0.717) is 30.3 Å². The Morgan fingerprint density at radius 2 is 1.91 bits per heavy atom. The minimum atomic E-state index is -0.906. The highest BCUT2D eigenvalue weighted by molar-refractivity contribution is 5.82. The third-order valence-corrected chi connectivity index (χ3v) is 7.82. The first-order valence-electron chi connectivity index (χ1n) is 12.6. The molecule has 3 saturated heterocycles. The Balaban J connectivity index is 1.33. The molecule has 3 fully saturated rings. The number of aromatic nitrogens is 4. The van der Waals surface area contributed by atoms with Gasteiger partial charge in [0, 0.05) is 49.7 Å². The van der Waals surface area contributed by atoms with Crippen molar-refractivity contribution in [1.29, 1.82) is 0 Å². The van der Waals surface area contributed by atoms with Gasteiger partial charge in [-0.3, -0.25) is 4.90 Å². The molecule has 3 atom stereocenters. The largest absolute Gasteiger partial charge is 0.467 e. The molecule has 8 nitrogen and oxygen atoms in total. The first kappa shape index (κ1) is 22.7. The third-order valence-electron chi connectivity index (χ3n) is 7.82. The average molecular weight is 481 g/mol. The number of halogens is 1. The van der Waals surface area contributed by atoms with Crippen LogP contribution < -0.4 is 9.64 Å². The molecule has 3 aliphatic heterocycles. The van der Waals surface area contributed by atoms with E-state index in [4.69, 9.17) is 9.47 Å². The van der Waals surface area contributed by atoms with Crippen molar-refractivity contribution in [2.75, 3.05) is 51.4 Å². The summed E-state index contributed by atoms with van der Waals surface area (Å²) in [6.07, 6.45) is 2.75. The lowest BCUT2D eigenvalue weighted by Crippen LogP contribution is -2.46. The van der Waals surface area contributed by atoms with E-state index in [1.54, 1.807) is 7.11 Å². The number of piperidine rings is 1. The Morgan fingerprint density at radius 1 is 1.09 bits per heavy atom. The molecule has 0 amide bonds. The maximum Gasteiger partial charge on any atom is 0.320 e. The summed E-state index contributed by atoms with van der Waals surface area (Å²) in [5.41, 5.74) is 3.10. The second-order valence-electron chi connectivity index (χ2n) is 10.3. The van der Waals surface area contributed by atoms with Crippen LogP contribution >= 0.6 is 0 Å². The third kappa shape index (κ3) is 4.14. The number of alkyl halides is 1. The lowest BCUT2D eigenvalue weighted by Gasteiger charge is -2.38. The van der Waals surface area contributed by atoms with Gasteiger partial charge in [0.15, 0.2) is 5.82 Å². The van der Waals surface area contributed by atoms with E-state index >= 15 is 4.39 Å². The van der Waals surface area contributed by atoms with Gasteiger partial charge < -0.3 is 14.4 Å². The van der Waals surface area contributed by atoms with Gasteiger partial charge in [0.2, 0.25) is 0 Å². The Labute approximate surface area is 205 Å². The monoisotopic (exact) mass is 480 g/mol. The molecule has 186 valence electrons. The highest BCUT2D eigenvalue weighted by atomic mass is 19.1. The van der Waals surface area contributed by atoms with Gasteiger partial charge in [-0.05, 0) is 55.5 Å². The average Bonchev–Trinajstić information content (AvgIpc) is 3.51. The lowest BCUT2D eigenvalue weighted by atomic mass is 9.84. The number of ether oxygens (including phenoxy) is 2. The van der Waals surface area contributed by atoms with Crippen molar-refractivity contribution in [3.8, 4) is 11.8 Å². The van der Waals surface area contributed by atoms with Crippen molar-refractivity contribution >= 4 is 16.7 Å². The van der Waals surface area contributed by atoms with Gasteiger partial charge in [-0.2, -0.15) is 15.1 Å². The molecule has 0 saturated carbocycles. The molecule has 1 aromatic carbocycles. The summed E-state index contributed by atoms with van der Waals surface area (Å²) in [6, 6.07) is 6.87. The van der Waals surface area contributed by atoms with Gasteiger partial charge in [0.1, 0.15) is 12.0 Å². The maximum atomic E-state index is 15.5. The van der Waals surface area contributed by atoms with Crippen molar-refractivity contribution < 1.29 is 13.9 Å². The predicted octanol–water partition coefficient (Wildman–Crippen LogP) is 3.50. The molecule has 3 aromatic rings. The quantitative estimate of drug-likeness (QED) is 0.554. The number of methoxy groups -OCH3 is 1. The number of nitrogens with zero attached hydrogens (tertiary/aromatic N) is 6. The Kier molecular flexibility index (Phi) is 5.84. The zero-order chi connectivity index (χ0) is 24.1. The fourth-order valence-electron chi connectivity index (χ4n) is 5.86. The van der Waals surface area contributed by atoms with Crippen molar-refractivity contribution in [1.82, 2.24) is 24.6 Å². The molecule has 0 spiro atoms. The van der Waals surface area contributed by atoms with E-state index in [0.717, 1.165) is 73.5 Å². The van der Waals surface area contributed by atoms with Crippen LogP contribution in [0.1, 0.15) is 36.8 Å². The molecular formula is C26H33FN6O2. The van der Waals surface area contributed by atoms with Gasteiger partial charge in [-0.15, -0.1) is 0 Å². The number of hydrogen-bond donors (Lipinski definition) is 0. The van der Waals surface area contributed by atoms with Crippen molar-refractivity contribution in [3.63, 3.8) is 0 Å². The molecule has 3 aliphatic rings. The van der Waals surface area contributed by atoms with E-state index in [9.17, 15) is 0 Å². The van der Waals surface area contributed by atoms with Crippen molar-refractivity contribution in [2.24, 2.45) is 5.92 Å². The highest BCUT2D eigenvalue weighted by Crippen LogP contribution is 2.36. The first-order valence-corrected chi connectivity index (χ1v) is 12.6. The summed E-state index contributed by atoms with van der Waals surface area (Å²) >= 11 is 0. The highest BCUT2D eigenvalue weighted by Gasteiger charge is 2.35. The number of anilines is 1. The summed E-state index contributed by atoms with van der Waals surface area (Å²) in [4.78, 5) is 13.6. The number of benzene rings is 1. The van der Waals surface area contributed by atoms with Crippen LogP contribution in [-0.2, 0) is 4.74 Å². The second-order valence-corrected chi connectivity index (χ2v) is 10.3. The molecule has 35 heavy (non-hydrogen) atoms. The van der Waals surface area contributed by atoms with E-state index in [2.05, 4.69) is 50.8 Å². The summed E-state index contributed by atoms with van der Waals surface area (Å²) in [7, 11) is 1.58. The van der Waals surface area contributed by atoms with Gasteiger partial charge in [-0.1, -0.05) is 6.92 Å². The molecule has 5 heterocycles. The van der Waals surface area contributed by atoms with E-state index in [-0.39, 0.29) is 5.92 Å². The molecule has 0 radical (unpaired) electrons. The summed E-state index contributed by atoms with van der Waals surface area (Å²) in [5.74, 6) is 2.02. The Hall–Kier alpha value is -2.78. The van der Waals surface area contributed by atoms with Crippen LogP contribution in [0.2, 0.25) is 0 Å². The minimum absolute atomic E-state index is 0.126. The Morgan fingerprint density at radius 3 is 2.63 bits per heavy atom. The molecular weight excluding hydrogens is 447 g/mol. The number of rotatable bonds is 5. The van der Waals surface area contributed by atoms with Gasteiger partial charge in [-0.25, -0.2) is 9.07 Å². The molecule has 3 unspecified atom stereocenters. The molecule has 9 heteroatoms. The minimum Gasteiger partial charge on any atom is -0.467 e. The van der Waals surface area contributed by atoms with E-state index in [1.807, 2.05) is 16.9 Å². The number of fused-ring (bicyclic) bond motifs is 1. The van der Waals surface area contributed by atoms with Crippen molar-refractivity contribution in [3.05, 3.63) is 35.5 Å². The van der Waals surface area contributed by atoms with E-state index < -0.39 is 6.17 Å². The summed E-state index contributed by atoms with van der Waals surface area (Å²) in [5, 5.41) is 5.66. The fraction of sp³-hybridized carbons (Fsp3) is 0.577. The van der Waals surface area contributed by atoms with Crippen molar-refractivity contribution in [2.45, 2.75) is 44.8 Å². The van der Waals surface area contributed by atoms with Crippen LogP contribution in [0, 0.1) is 12.8 Å². The zero-order valence-corrected chi connectivity index (χ0v) is 20.7. The molecule has 0 aliphatic carbocycles. The van der Waals surface area contributed by atoms with E-state index in [1.165, 1.54) is 0 Å². The predicted molar refractivity (Wildman–Crippen MR) is 132 cm³/mol. The first-order chi connectivity index (χ1) is 17.0. The summed E-state index contributed by atoms with van der Waals surface area (Å²) in [6.45, 7) is 9.11. The van der Waals surface area contributed by atoms with Crippen LogP contribution in [-0.4, -0.2) is 83.4 Å². The molecule has 0 bridgehead atoms. The standard InChI is InChI=1S/C26H33FN6O2/c1-16-12-32(13-16)24-10-25(30-26(29-24)34-3)33-23-9-21(17(2)8-18(23)11-28-33)20-4-6-31(14-22(20)27)19-5-7-35-15-19/h8-11,16,19-20,22H,4-7,12-15H2,1-3H3. The van der Waals surface area contributed by atoms with Crippen LogP contribution in [0.3, 0.4) is 0 Å². The van der Waals surface area contributed by atoms with Crippen LogP contribution in [0.15, 0.2) is 24.4 Å². The number of likely N-dealkylation sites (tertiary alicyclic amines) is 1. The number of hydrogen-bond acceptors (Lipinski definition) is 7. The maximum absolute atomic E-state index is 15.5. The molecule has 6 rings (SSSR count).